The largest absolute Gasteiger partial charge is 0.376 e. The molecule has 0 spiro atoms. The van der Waals surface area contributed by atoms with Crippen molar-refractivity contribution in [1.82, 2.24) is 24.2 Å². The van der Waals surface area contributed by atoms with Gasteiger partial charge < -0.3 is 4.74 Å². The molecule has 0 amide bonds. The lowest BCUT2D eigenvalue weighted by Gasteiger charge is -2.32. The highest BCUT2D eigenvalue weighted by Gasteiger charge is 2.29. The van der Waals surface area contributed by atoms with Crippen LogP contribution in [0.3, 0.4) is 0 Å². The van der Waals surface area contributed by atoms with E-state index in [9.17, 15) is 0 Å². The molecule has 2 aromatic heterocycles. The predicted molar refractivity (Wildman–Crippen MR) is 94.2 cm³/mol. The lowest BCUT2D eigenvalue weighted by Crippen LogP contribution is -2.43. The molecule has 2 aliphatic rings. The molecule has 7 heteroatoms. The predicted octanol–water partition coefficient (Wildman–Crippen LogP) is 2.88. The van der Waals surface area contributed by atoms with Gasteiger partial charge in [0.2, 0.25) is 0 Å². The van der Waals surface area contributed by atoms with Crippen molar-refractivity contribution in [3.63, 3.8) is 0 Å². The molecule has 1 atom stereocenters. The number of rotatable bonds is 5. The Morgan fingerprint density at radius 2 is 2.08 bits per heavy atom. The fourth-order valence-corrected chi connectivity index (χ4v) is 3.55. The van der Waals surface area contributed by atoms with Crippen molar-refractivity contribution in [1.29, 1.82) is 0 Å². The minimum absolute atomic E-state index is 0.318. The standard InChI is InChI=1S/C17H23N5OS/c1-2-15-11-20(9-10-23-15)12-21-17(24)22(14-3-4-14)16(19-21)13-5-7-18-8-6-13/h5-8,14-15H,2-4,9-12H2,1H3/t15-/m1/s1. The number of nitrogens with zero attached hydrogens (tertiary/aromatic N) is 5. The molecule has 0 unspecified atom stereocenters. The van der Waals surface area contributed by atoms with Crippen LogP contribution in [0.25, 0.3) is 11.4 Å². The quantitative estimate of drug-likeness (QED) is 0.780. The van der Waals surface area contributed by atoms with Gasteiger partial charge in [-0.25, -0.2) is 4.68 Å². The van der Waals surface area contributed by atoms with Gasteiger partial charge in [0.05, 0.1) is 19.4 Å². The Bertz CT molecular complexity index is 752. The third kappa shape index (κ3) is 3.16. The number of morpholine rings is 1. The Morgan fingerprint density at radius 1 is 1.29 bits per heavy atom. The molecule has 3 heterocycles. The number of pyridine rings is 1. The third-order valence-electron chi connectivity index (χ3n) is 4.73. The molecular formula is C17H23N5OS. The van der Waals surface area contributed by atoms with E-state index in [4.69, 9.17) is 22.1 Å². The normalized spacial score (nSPS) is 22.0. The summed E-state index contributed by atoms with van der Waals surface area (Å²) in [6.45, 7) is 5.56. The van der Waals surface area contributed by atoms with Gasteiger partial charge in [-0.05, 0) is 43.6 Å². The SMILES string of the molecule is CC[C@@H]1CN(Cn2nc(-c3ccncc3)n(C3CC3)c2=S)CCO1. The van der Waals surface area contributed by atoms with Crippen molar-refractivity contribution in [2.24, 2.45) is 0 Å². The molecule has 1 saturated carbocycles. The summed E-state index contributed by atoms with van der Waals surface area (Å²) in [5.74, 6) is 0.963. The second kappa shape index (κ2) is 6.74. The van der Waals surface area contributed by atoms with Gasteiger partial charge in [0.25, 0.3) is 0 Å². The second-order valence-electron chi connectivity index (χ2n) is 6.56. The molecule has 0 radical (unpaired) electrons. The minimum Gasteiger partial charge on any atom is -0.376 e. The van der Waals surface area contributed by atoms with Gasteiger partial charge in [0.1, 0.15) is 0 Å². The zero-order valence-electron chi connectivity index (χ0n) is 14.0. The van der Waals surface area contributed by atoms with E-state index in [0.29, 0.717) is 12.1 Å². The van der Waals surface area contributed by atoms with Crippen molar-refractivity contribution in [2.45, 2.75) is 45.0 Å². The monoisotopic (exact) mass is 345 g/mol. The molecular weight excluding hydrogens is 322 g/mol. The van der Waals surface area contributed by atoms with Crippen LogP contribution in [0.4, 0.5) is 0 Å². The lowest BCUT2D eigenvalue weighted by molar-refractivity contribution is -0.0412. The fraction of sp³-hybridized carbons (Fsp3) is 0.588. The average Bonchev–Trinajstić information content (AvgIpc) is 3.41. The summed E-state index contributed by atoms with van der Waals surface area (Å²) in [7, 11) is 0. The van der Waals surface area contributed by atoms with E-state index in [1.807, 2.05) is 29.2 Å². The highest BCUT2D eigenvalue weighted by atomic mass is 32.1. The first-order valence-corrected chi connectivity index (χ1v) is 9.10. The summed E-state index contributed by atoms with van der Waals surface area (Å²) in [4.78, 5) is 6.49. The first kappa shape index (κ1) is 15.9. The van der Waals surface area contributed by atoms with Crippen molar-refractivity contribution < 1.29 is 4.74 Å². The maximum absolute atomic E-state index is 5.76. The summed E-state index contributed by atoms with van der Waals surface area (Å²) < 4.78 is 10.8. The van der Waals surface area contributed by atoms with Crippen LogP contribution in [-0.2, 0) is 11.4 Å². The lowest BCUT2D eigenvalue weighted by atomic mass is 10.2. The van der Waals surface area contributed by atoms with Crippen LogP contribution in [0, 0.1) is 4.77 Å². The first-order valence-electron chi connectivity index (χ1n) is 8.70. The molecule has 0 bridgehead atoms. The molecule has 1 saturated heterocycles. The van der Waals surface area contributed by atoms with Gasteiger partial charge in [-0.3, -0.25) is 14.5 Å². The third-order valence-corrected chi connectivity index (χ3v) is 5.14. The van der Waals surface area contributed by atoms with E-state index in [-0.39, 0.29) is 0 Å². The smallest absolute Gasteiger partial charge is 0.199 e. The van der Waals surface area contributed by atoms with Gasteiger partial charge in [0.15, 0.2) is 10.6 Å². The van der Waals surface area contributed by atoms with Crippen LogP contribution in [0.15, 0.2) is 24.5 Å². The van der Waals surface area contributed by atoms with Crippen LogP contribution in [-0.4, -0.2) is 50.0 Å². The van der Waals surface area contributed by atoms with Gasteiger partial charge in [0, 0.05) is 37.1 Å². The van der Waals surface area contributed by atoms with Crippen LogP contribution in [0.1, 0.15) is 32.2 Å². The van der Waals surface area contributed by atoms with Gasteiger partial charge in [-0.2, -0.15) is 5.10 Å². The minimum atomic E-state index is 0.318. The van der Waals surface area contributed by atoms with E-state index >= 15 is 0 Å². The Labute approximate surface area is 147 Å². The average molecular weight is 345 g/mol. The van der Waals surface area contributed by atoms with Crippen molar-refractivity contribution in [3.05, 3.63) is 29.3 Å². The summed E-state index contributed by atoms with van der Waals surface area (Å²) >= 11 is 5.75. The Hall–Kier alpha value is -1.57. The van der Waals surface area contributed by atoms with Crippen LogP contribution >= 0.6 is 12.2 Å². The Kier molecular flexibility index (Phi) is 4.47. The highest BCUT2D eigenvalue weighted by Crippen LogP contribution is 2.38. The molecule has 4 rings (SSSR count). The molecule has 0 aromatic carbocycles. The van der Waals surface area contributed by atoms with E-state index in [1.165, 1.54) is 12.8 Å². The van der Waals surface area contributed by atoms with Gasteiger partial charge in [-0.15, -0.1) is 0 Å². The highest BCUT2D eigenvalue weighted by molar-refractivity contribution is 7.71. The summed E-state index contributed by atoms with van der Waals surface area (Å²) in [5, 5.41) is 4.85. The van der Waals surface area contributed by atoms with Crippen LogP contribution in [0.5, 0.6) is 0 Å². The van der Waals surface area contributed by atoms with Crippen molar-refractivity contribution in [3.8, 4) is 11.4 Å². The van der Waals surface area contributed by atoms with Gasteiger partial charge in [-0.1, -0.05) is 6.92 Å². The summed E-state index contributed by atoms with van der Waals surface area (Å²) in [6.07, 6.45) is 7.35. The Morgan fingerprint density at radius 3 is 2.79 bits per heavy atom. The molecule has 2 aromatic rings. The maximum atomic E-state index is 5.76. The van der Waals surface area contributed by atoms with Crippen LogP contribution < -0.4 is 0 Å². The zero-order valence-corrected chi connectivity index (χ0v) is 14.8. The number of ether oxygens (including phenoxy) is 1. The Balaban J connectivity index is 1.63. The van der Waals surface area contributed by atoms with Crippen molar-refractivity contribution >= 4 is 12.2 Å². The molecule has 6 nitrogen and oxygen atoms in total. The molecule has 24 heavy (non-hydrogen) atoms. The van der Waals surface area contributed by atoms with Crippen LogP contribution in [0.2, 0.25) is 0 Å². The van der Waals surface area contributed by atoms with E-state index in [0.717, 1.165) is 48.9 Å². The van der Waals surface area contributed by atoms with E-state index in [1.54, 1.807) is 0 Å². The van der Waals surface area contributed by atoms with E-state index < -0.39 is 0 Å². The first-order chi connectivity index (χ1) is 11.8. The molecule has 1 aliphatic carbocycles. The maximum Gasteiger partial charge on any atom is 0.199 e. The number of hydrogen-bond acceptors (Lipinski definition) is 5. The zero-order chi connectivity index (χ0) is 16.5. The topological polar surface area (TPSA) is 48.1 Å². The second-order valence-corrected chi connectivity index (χ2v) is 6.93. The number of hydrogen-bond donors (Lipinski definition) is 0. The number of aromatic nitrogens is 4. The molecule has 2 fully saturated rings. The fourth-order valence-electron chi connectivity index (χ4n) is 3.22. The van der Waals surface area contributed by atoms with E-state index in [2.05, 4.69) is 21.4 Å². The summed E-state index contributed by atoms with van der Waals surface area (Å²) in [6, 6.07) is 4.51. The summed E-state index contributed by atoms with van der Waals surface area (Å²) in [5.41, 5.74) is 1.08. The molecule has 128 valence electrons. The molecule has 1 aliphatic heterocycles. The van der Waals surface area contributed by atoms with Gasteiger partial charge >= 0.3 is 0 Å². The molecule has 0 N–H and O–H groups in total. The van der Waals surface area contributed by atoms with Crippen molar-refractivity contribution in [2.75, 3.05) is 19.7 Å².